The van der Waals surface area contributed by atoms with E-state index in [0.29, 0.717) is 12.8 Å². The second-order valence-corrected chi connectivity index (χ2v) is 5.34. The van der Waals surface area contributed by atoms with Crippen molar-refractivity contribution in [3.05, 3.63) is 24.0 Å². The Kier molecular flexibility index (Phi) is 4.59. The van der Waals surface area contributed by atoms with Crippen molar-refractivity contribution in [1.82, 2.24) is 9.88 Å². The smallest absolute Gasteiger partial charge is 0.329 e. The van der Waals surface area contributed by atoms with Crippen LogP contribution in [0.5, 0.6) is 0 Å². The molecule has 116 valence electrons. The summed E-state index contributed by atoms with van der Waals surface area (Å²) in [4.78, 5) is 23.7. The number of carboxylic acids is 1. The van der Waals surface area contributed by atoms with E-state index < -0.39 is 30.4 Å². The lowest BCUT2D eigenvalue weighted by molar-refractivity contribution is -0.145. The van der Waals surface area contributed by atoms with Gasteiger partial charge in [-0.2, -0.15) is 0 Å². The van der Waals surface area contributed by atoms with Crippen molar-refractivity contribution in [3.63, 3.8) is 0 Å². The Morgan fingerprint density at radius 3 is 2.57 bits per heavy atom. The number of amides is 1. The van der Waals surface area contributed by atoms with Crippen LogP contribution in [0, 0.1) is 0 Å². The van der Waals surface area contributed by atoms with E-state index in [1.807, 2.05) is 0 Å². The Labute approximate surface area is 120 Å². The predicted octanol–water partition coefficient (Wildman–Crippen LogP) is 2.27. The maximum absolute atomic E-state index is 12.5. The van der Waals surface area contributed by atoms with Crippen LogP contribution in [-0.2, 0) is 11.3 Å². The molecule has 1 fully saturated rings. The third-order valence-corrected chi connectivity index (χ3v) is 3.87. The molecule has 0 atom stereocenters. The fraction of sp³-hybridized carbons (Fsp3) is 0.571. The number of carboxylic acid groups (broad SMARTS) is 1. The van der Waals surface area contributed by atoms with Crippen LogP contribution in [0.4, 0.5) is 8.78 Å². The minimum Gasteiger partial charge on any atom is -0.480 e. The third-order valence-electron chi connectivity index (χ3n) is 3.87. The van der Waals surface area contributed by atoms with E-state index >= 15 is 0 Å². The van der Waals surface area contributed by atoms with Gasteiger partial charge in [-0.15, -0.1) is 0 Å². The van der Waals surface area contributed by atoms with Gasteiger partial charge in [-0.3, -0.25) is 4.79 Å². The SMILES string of the molecule is O=C(NC1(C(=O)O)CCCCC1)c1cccn1CC(F)F. The lowest BCUT2D eigenvalue weighted by atomic mass is 9.81. The van der Waals surface area contributed by atoms with Crippen molar-refractivity contribution >= 4 is 11.9 Å². The molecule has 1 aliphatic carbocycles. The number of aromatic nitrogens is 1. The highest BCUT2D eigenvalue weighted by atomic mass is 19.3. The maximum Gasteiger partial charge on any atom is 0.329 e. The number of rotatable bonds is 5. The van der Waals surface area contributed by atoms with Gasteiger partial charge in [0.05, 0.1) is 6.54 Å². The first-order valence-corrected chi connectivity index (χ1v) is 6.94. The molecular weight excluding hydrogens is 282 g/mol. The molecule has 21 heavy (non-hydrogen) atoms. The number of carbonyl (C=O) groups is 2. The summed E-state index contributed by atoms with van der Waals surface area (Å²) in [7, 11) is 0. The number of alkyl halides is 2. The molecule has 0 saturated heterocycles. The fourth-order valence-corrected chi connectivity index (χ4v) is 2.76. The number of hydrogen-bond acceptors (Lipinski definition) is 2. The van der Waals surface area contributed by atoms with Crippen LogP contribution in [0.25, 0.3) is 0 Å². The zero-order chi connectivity index (χ0) is 15.5. The number of halogens is 2. The Morgan fingerprint density at radius 2 is 2.00 bits per heavy atom. The van der Waals surface area contributed by atoms with Gasteiger partial charge in [0, 0.05) is 6.20 Å². The van der Waals surface area contributed by atoms with Gasteiger partial charge in [0.25, 0.3) is 12.3 Å². The highest BCUT2D eigenvalue weighted by Gasteiger charge is 2.41. The molecule has 1 aromatic rings. The summed E-state index contributed by atoms with van der Waals surface area (Å²) in [5.41, 5.74) is -1.23. The van der Waals surface area contributed by atoms with Crippen molar-refractivity contribution in [1.29, 1.82) is 0 Å². The summed E-state index contributed by atoms with van der Waals surface area (Å²) >= 11 is 0. The quantitative estimate of drug-likeness (QED) is 0.876. The largest absolute Gasteiger partial charge is 0.480 e. The minimum atomic E-state index is -2.58. The number of hydrogen-bond donors (Lipinski definition) is 2. The first-order chi connectivity index (χ1) is 9.94. The molecule has 0 aromatic carbocycles. The molecule has 7 heteroatoms. The summed E-state index contributed by atoms with van der Waals surface area (Å²) in [6.45, 7) is -0.587. The molecule has 1 aliphatic rings. The molecule has 1 aromatic heterocycles. The molecule has 1 amide bonds. The molecule has 1 heterocycles. The zero-order valence-corrected chi connectivity index (χ0v) is 11.5. The molecule has 2 N–H and O–H groups in total. The van der Waals surface area contributed by atoms with Gasteiger partial charge >= 0.3 is 5.97 Å². The Bertz CT molecular complexity index is 522. The second-order valence-electron chi connectivity index (χ2n) is 5.34. The van der Waals surface area contributed by atoms with E-state index in [9.17, 15) is 23.5 Å². The zero-order valence-electron chi connectivity index (χ0n) is 11.5. The van der Waals surface area contributed by atoms with Crippen molar-refractivity contribution in [2.75, 3.05) is 0 Å². The summed E-state index contributed by atoms with van der Waals surface area (Å²) in [5, 5.41) is 12.0. The van der Waals surface area contributed by atoms with Crippen LogP contribution in [0.2, 0.25) is 0 Å². The number of nitrogens with zero attached hydrogens (tertiary/aromatic N) is 1. The van der Waals surface area contributed by atoms with Crippen molar-refractivity contribution in [2.24, 2.45) is 0 Å². The fourth-order valence-electron chi connectivity index (χ4n) is 2.76. The molecule has 2 rings (SSSR count). The van der Waals surface area contributed by atoms with Crippen molar-refractivity contribution in [2.45, 2.75) is 50.6 Å². The molecule has 1 saturated carbocycles. The van der Waals surface area contributed by atoms with Gasteiger partial charge in [-0.05, 0) is 25.0 Å². The monoisotopic (exact) mass is 300 g/mol. The van der Waals surface area contributed by atoms with E-state index in [0.717, 1.165) is 23.8 Å². The van der Waals surface area contributed by atoms with Crippen molar-refractivity contribution < 1.29 is 23.5 Å². The van der Waals surface area contributed by atoms with E-state index in [1.54, 1.807) is 0 Å². The second kappa shape index (κ2) is 6.24. The van der Waals surface area contributed by atoms with Gasteiger partial charge in [-0.25, -0.2) is 13.6 Å². The van der Waals surface area contributed by atoms with Crippen LogP contribution in [0.15, 0.2) is 18.3 Å². The lowest BCUT2D eigenvalue weighted by Gasteiger charge is -2.34. The predicted molar refractivity (Wildman–Crippen MR) is 71.4 cm³/mol. The average Bonchev–Trinajstić information content (AvgIpc) is 2.87. The first-order valence-electron chi connectivity index (χ1n) is 6.94. The van der Waals surface area contributed by atoms with Crippen LogP contribution < -0.4 is 5.32 Å². The van der Waals surface area contributed by atoms with E-state index in [4.69, 9.17) is 0 Å². The molecule has 5 nitrogen and oxygen atoms in total. The van der Waals surface area contributed by atoms with E-state index in [1.165, 1.54) is 18.3 Å². The summed E-state index contributed by atoms with van der Waals surface area (Å²) in [6.07, 6.45) is 1.93. The minimum absolute atomic E-state index is 0.0569. The molecule has 0 bridgehead atoms. The number of nitrogens with one attached hydrogen (secondary N) is 1. The summed E-state index contributed by atoms with van der Waals surface area (Å²) in [6, 6.07) is 2.90. The lowest BCUT2D eigenvalue weighted by Crippen LogP contribution is -2.55. The summed E-state index contributed by atoms with van der Waals surface area (Å²) < 4.78 is 26.1. The van der Waals surface area contributed by atoms with Crippen molar-refractivity contribution in [3.8, 4) is 0 Å². The van der Waals surface area contributed by atoms with E-state index in [2.05, 4.69) is 5.32 Å². The molecule has 0 spiro atoms. The van der Waals surface area contributed by atoms with Gasteiger partial charge in [0.15, 0.2) is 0 Å². The average molecular weight is 300 g/mol. The van der Waals surface area contributed by atoms with E-state index in [-0.39, 0.29) is 5.69 Å². The highest BCUT2D eigenvalue weighted by molar-refractivity contribution is 5.96. The Hall–Kier alpha value is -1.92. The Morgan fingerprint density at radius 1 is 1.33 bits per heavy atom. The van der Waals surface area contributed by atoms with Crippen LogP contribution in [-0.4, -0.2) is 33.5 Å². The van der Waals surface area contributed by atoms with Gasteiger partial charge in [-0.1, -0.05) is 19.3 Å². The van der Waals surface area contributed by atoms with Gasteiger partial charge < -0.3 is 15.0 Å². The van der Waals surface area contributed by atoms with Crippen LogP contribution in [0.3, 0.4) is 0 Å². The normalized spacial score (nSPS) is 17.7. The Balaban J connectivity index is 2.16. The number of aliphatic carboxylic acids is 1. The first kappa shape index (κ1) is 15.5. The molecular formula is C14H18F2N2O3. The van der Waals surface area contributed by atoms with Crippen LogP contribution >= 0.6 is 0 Å². The number of carbonyl (C=O) groups excluding carboxylic acids is 1. The van der Waals surface area contributed by atoms with Gasteiger partial charge in [0.1, 0.15) is 11.2 Å². The molecule has 0 radical (unpaired) electrons. The third kappa shape index (κ3) is 3.40. The summed E-state index contributed by atoms with van der Waals surface area (Å²) in [5.74, 6) is -1.69. The van der Waals surface area contributed by atoms with Gasteiger partial charge in [0.2, 0.25) is 0 Å². The topological polar surface area (TPSA) is 71.3 Å². The molecule has 0 aliphatic heterocycles. The highest BCUT2D eigenvalue weighted by Crippen LogP contribution is 2.29. The maximum atomic E-state index is 12.5. The standard InChI is InChI=1S/C14H18F2N2O3/c15-11(16)9-18-8-4-5-10(18)12(19)17-14(13(20)21)6-2-1-3-7-14/h4-5,8,11H,1-3,6-7,9H2,(H,17,19)(H,20,21). The van der Waals surface area contributed by atoms with Crippen LogP contribution in [0.1, 0.15) is 42.6 Å². The molecule has 0 unspecified atom stereocenters.